The van der Waals surface area contributed by atoms with E-state index in [0.29, 0.717) is 18.8 Å². The molecule has 19 heavy (non-hydrogen) atoms. The van der Waals surface area contributed by atoms with Crippen LogP contribution in [-0.4, -0.2) is 33.3 Å². The van der Waals surface area contributed by atoms with E-state index in [0.717, 1.165) is 11.9 Å². The Kier molecular flexibility index (Phi) is 4.18. The lowest BCUT2D eigenvalue weighted by Gasteiger charge is -2.08. The first kappa shape index (κ1) is 13.6. The van der Waals surface area contributed by atoms with Gasteiger partial charge < -0.3 is 19.4 Å². The van der Waals surface area contributed by atoms with Crippen molar-refractivity contribution in [3.8, 4) is 5.75 Å². The molecule has 1 aromatic heterocycles. The maximum Gasteiger partial charge on any atom is 0.491 e. The zero-order valence-corrected chi connectivity index (χ0v) is 10.5. The van der Waals surface area contributed by atoms with E-state index < -0.39 is 12.9 Å². The molecule has 5 nitrogen and oxygen atoms in total. The molecule has 2 N–H and O–H groups in total. The fraction of sp³-hybridized carbons (Fsp3) is 0.250. The molecule has 1 heterocycles. The van der Waals surface area contributed by atoms with Crippen LogP contribution in [0.1, 0.15) is 5.82 Å². The number of hydrogen-bond acceptors (Lipinski definition) is 4. The van der Waals surface area contributed by atoms with Gasteiger partial charge in [-0.15, -0.1) is 0 Å². The molecule has 0 radical (unpaired) electrons. The molecule has 0 saturated heterocycles. The van der Waals surface area contributed by atoms with Crippen LogP contribution in [0.2, 0.25) is 0 Å². The molecular formula is C12H14BFN2O3. The van der Waals surface area contributed by atoms with Crippen LogP contribution in [0.5, 0.6) is 5.75 Å². The first-order valence-corrected chi connectivity index (χ1v) is 5.82. The van der Waals surface area contributed by atoms with Gasteiger partial charge in [-0.3, -0.25) is 0 Å². The third kappa shape index (κ3) is 3.33. The highest BCUT2D eigenvalue weighted by molar-refractivity contribution is 6.58. The van der Waals surface area contributed by atoms with Crippen molar-refractivity contribution >= 4 is 12.6 Å². The molecule has 2 rings (SSSR count). The van der Waals surface area contributed by atoms with E-state index in [9.17, 15) is 4.39 Å². The van der Waals surface area contributed by atoms with Gasteiger partial charge in [0.05, 0.1) is 6.61 Å². The largest absolute Gasteiger partial charge is 0.493 e. The Hall–Kier alpha value is -1.86. The SMILES string of the molecule is Cn1ccnc1CCOc1ccc(B(O)O)c(F)c1. The van der Waals surface area contributed by atoms with Crippen LogP contribution < -0.4 is 10.2 Å². The van der Waals surface area contributed by atoms with Gasteiger partial charge in [-0.2, -0.15) is 0 Å². The smallest absolute Gasteiger partial charge is 0.491 e. The predicted molar refractivity (Wildman–Crippen MR) is 68.6 cm³/mol. The molecule has 100 valence electrons. The van der Waals surface area contributed by atoms with E-state index in [-0.39, 0.29) is 5.46 Å². The van der Waals surface area contributed by atoms with E-state index in [1.54, 1.807) is 6.20 Å². The molecule has 2 aromatic rings. The van der Waals surface area contributed by atoms with Crippen LogP contribution in [0.4, 0.5) is 4.39 Å². The zero-order chi connectivity index (χ0) is 13.8. The van der Waals surface area contributed by atoms with Gasteiger partial charge in [-0.25, -0.2) is 9.37 Å². The average Bonchev–Trinajstić information content (AvgIpc) is 2.75. The lowest BCUT2D eigenvalue weighted by atomic mass is 9.80. The first-order chi connectivity index (χ1) is 9.08. The van der Waals surface area contributed by atoms with Gasteiger partial charge in [-0.1, -0.05) is 6.07 Å². The molecule has 0 amide bonds. The number of hydrogen-bond donors (Lipinski definition) is 2. The highest BCUT2D eigenvalue weighted by atomic mass is 19.1. The van der Waals surface area contributed by atoms with Gasteiger partial charge in [0.1, 0.15) is 17.4 Å². The van der Waals surface area contributed by atoms with Gasteiger partial charge in [0.15, 0.2) is 0 Å². The second-order valence-corrected chi connectivity index (χ2v) is 4.11. The lowest BCUT2D eigenvalue weighted by Crippen LogP contribution is -2.32. The summed E-state index contributed by atoms with van der Waals surface area (Å²) in [6.07, 6.45) is 4.15. The van der Waals surface area contributed by atoms with Crippen LogP contribution in [0.25, 0.3) is 0 Å². The Morgan fingerprint density at radius 3 is 2.79 bits per heavy atom. The molecule has 0 aliphatic heterocycles. The van der Waals surface area contributed by atoms with Crippen LogP contribution in [0.15, 0.2) is 30.6 Å². The summed E-state index contributed by atoms with van der Waals surface area (Å²) in [5.41, 5.74) is -0.170. The maximum atomic E-state index is 13.4. The highest BCUT2D eigenvalue weighted by Gasteiger charge is 2.16. The number of aryl methyl sites for hydroxylation is 1. The monoisotopic (exact) mass is 264 g/mol. The van der Waals surface area contributed by atoms with Crippen molar-refractivity contribution in [1.29, 1.82) is 0 Å². The summed E-state index contributed by atoms with van der Waals surface area (Å²) in [6, 6.07) is 3.92. The van der Waals surface area contributed by atoms with Crippen LogP contribution >= 0.6 is 0 Å². The molecule has 0 spiro atoms. The molecule has 0 aliphatic rings. The number of benzene rings is 1. The topological polar surface area (TPSA) is 67.5 Å². The van der Waals surface area contributed by atoms with Crippen molar-refractivity contribution in [2.24, 2.45) is 7.05 Å². The molecular weight excluding hydrogens is 250 g/mol. The van der Waals surface area contributed by atoms with E-state index in [1.165, 1.54) is 12.1 Å². The Balaban J connectivity index is 1.93. The second-order valence-electron chi connectivity index (χ2n) is 4.11. The van der Waals surface area contributed by atoms with Gasteiger partial charge in [-0.05, 0) is 6.07 Å². The third-order valence-corrected chi connectivity index (χ3v) is 2.77. The summed E-state index contributed by atoms with van der Waals surface area (Å²) < 4.78 is 20.7. The normalized spacial score (nSPS) is 10.5. The first-order valence-electron chi connectivity index (χ1n) is 5.82. The Labute approximate surface area is 110 Å². The van der Waals surface area contributed by atoms with Gasteiger partial charge in [0.25, 0.3) is 0 Å². The molecule has 1 aromatic carbocycles. The lowest BCUT2D eigenvalue weighted by molar-refractivity contribution is 0.316. The minimum atomic E-state index is -1.82. The fourth-order valence-corrected chi connectivity index (χ4v) is 1.70. The number of halogens is 1. The molecule has 0 atom stereocenters. The van der Waals surface area contributed by atoms with Crippen molar-refractivity contribution in [3.63, 3.8) is 0 Å². The van der Waals surface area contributed by atoms with Crippen LogP contribution in [0.3, 0.4) is 0 Å². The number of aromatic nitrogens is 2. The molecule has 0 saturated carbocycles. The van der Waals surface area contributed by atoms with Gasteiger partial charge >= 0.3 is 7.12 Å². The predicted octanol–water partition coefficient (Wildman–Crippen LogP) is -0.140. The molecule has 0 unspecified atom stereocenters. The highest BCUT2D eigenvalue weighted by Crippen LogP contribution is 2.11. The quantitative estimate of drug-likeness (QED) is 0.738. The summed E-state index contributed by atoms with van der Waals surface area (Å²) >= 11 is 0. The van der Waals surface area contributed by atoms with E-state index in [2.05, 4.69) is 4.98 Å². The summed E-state index contributed by atoms with van der Waals surface area (Å²) in [5.74, 6) is 0.517. The summed E-state index contributed by atoms with van der Waals surface area (Å²) in [7, 11) is 0.0704. The third-order valence-electron chi connectivity index (χ3n) is 2.77. The van der Waals surface area contributed by atoms with Crippen molar-refractivity contribution < 1.29 is 19.2 Å². The van der Waals surface area contributed by atoms with Crippen molar-refractivity contribution in [3.05, 3.63) is 42.2 Å². The van der Waals surface area contributed by atoms with Crippen LogP contribution in [0, 0.1) is 5.82 Å². The van der Waals surface area contributed by atoms with E-state index in [4.69, 9.17) is 14.8 Å². The van der Waals surface area contributed by atoms with Gasteiger partial charge in [0.2, 0.25) is 0 Å². The molecule has 7 heteroatoms. The van der Waals surface area contributed by atoms with E-state index in [1.807, 2.05) is 17.8 Å². The minimum absolute atomic E-state index is 0.170. The summed E-state index contributed by atoms with van der Waals surface area (Å²) in [5, 5.41) is 17.8. The number of imidazole rings is 1. The average molecular weight is 264 g/mol. The Morgan fingerprint density at radius 1 is 1.42 bits per heavy atom. The standard InChI is InChI=1S/C12H14BFN2O3/c1-16-6-5-15-12(16)4-7-19-9-2-3-10(13(17)18)11(14)8-9/h2-3,5-6,8,17-18H,4,7H2,1H3. The Bertz CT molecular complexity index is 560. The fourth-order valence-electron chi connectivity index (χ4n) is 1.70. The maximum absolute atomic E-state index is 13.4. The number of nitrogens with zero attached hydrogens (tertiary/aromatic N) is 2. The Morgan fingerprint density at radius 2 is 2.21 bits per heavy atom. The van der Waals surface area contributed by atoms with Crippen molar-refractivity contribution in [2.45, 2.75) is 6.42 Å². The zero-order valence-electron chi connectivity index (χ0n) is 10.5. The minimum Gasteiger partial charge on any atom is -0.493 e. The van der Waals surface area contributed by atoms with Crippen LogP contribution in [-0.2, 0) is 13.5 Å². The molecule has 0 aliphatic carbocycles. The van der Waals surface area contributed by atoms with E-state index >= 15 is 0 Å². The molecule has 0 fully saturated rings. The summed E-state index contributed by atoms with van der Waals surface area (Å²) in [6.45, 7) is 0.366. The van der Waals surface area contributed by atoms with Crippen molar-refractivity contribution in [1.82, 2.24) is 9.55 Å². The van der Waals surface area contributed by atoms with Gasteiger partial charge in [0, 0.05) is 37.4 Å². The number of ether oxygens (including phenoxy) is 1. The second kappa shape index (κ2) is 5.86. The van der Waals surface area contributed by atoms with Crippen molar-refractivity contribution in [2.75, 3.05) is 6.61 Å². The molecule has 0 bridgehead atoms. The number of rotatable bonds is 5. The summed E-state index contributed by atoms with van der Waals surface area (Å²) in [4.78, 5) is 4.14.